The molecule has 1 aromatic carbocycles. The molecule has 1 aromatic rings. The molecule has 0 heterocycles. The van der Waals surface area contributed by atoms with Crippen molar-refractivity contribution >= 4 is 6.09 Å². The first-order chi connectivity index (χ1) is 9.85. The highest BCUT2D eigenvalue weighted by molar-refractivity contribution is 5.68. The molecule has 1 rings (SSSR count). The van der Waals surface area contributed by atoms with Gasteiger partial charge in [0, 0.05) is 11.5 Å². The van der Waals surface area contributed by atoms with E-state index < -0.39 is 0 Å². The number of nitrogens with one attached hydrogen (secondary N) is 1. The van der Waals surface area contributed by atoms with Crippen molar-refractivity contribution in [1.29, 1.82) is 0 Å². The van der Waals surface area contributed by atoms with Gasteiger partial charge in [-0.15, -0.1) is 6.58 Å². The third-order valence-electron chi connectivity index (χ3n) is 3.20. The summed E-state index contributed by atoms with van der Waals surface area (Å²) in [4.78, 5) is 11.7. The van der Waals surface area contributed by atoms with Crippen LogP contribution in [-0.4, -0.2) is 18.2 Å². The van der Waals surface area contributed by atoms with Crippen LogP contribution in [0.1, 0.15) is 51.2 Å². The molecule has 0 aliphatic heterocycles. The number of benzene rings is 1. The topological polar surface area (TPSA) is 38.3 Å². The Bertz CT molecular complexity index is 457. The summed E-state index contributed by atoms with van der Waals surface area (Å²) < 4.78 is 5.35. The van der Waals surface area contributed by atoms with E-state index in [1.807, 2.05) is 26.8 Å². The first-order valence-corrected chi connectivity index (χ1v) is 7.50. The first-order valence-electron chi connectivity index (χ1n) is 7.50. The highest BCUT2D eigenvalue weighted by Crippen LogP contribution is 2.21. The summed E-state index contributed by atoms with van der Waals surface area (Å²) in [7, 11) is 0. The largest absolute Gasteiger partial charge is 0.449 e. The Labute approximate surface area is 128 Å². The Balaban J connectivity index is 2.64. The van der Waals surface area contributed by atoms with Crippen molar-refractivity contribution in [3.63, 3.8) is 0 Å². The van der Waals surface area contributed by atoms with Gasteiger partial charge in [0.05, 0.1) is 0 Å². The van der Waals surface area contributed by atoms with E-state index >= 15 is 0 Å². The maximum atomic E-state index is 11.7. The molecule has 0 aliphatic rings. The Morgan fingerprint density at radius 1 is 1.33 bits per heavy atom. The molecular weight excluding hydrogens is 262 g/mol. The van der Waals surface area contributed by atoms with Crippen LogP contribution in [0.25, 0.3) is 0 Å². The molecule has 1 atom stereocenters. The van der Waals surface area contributed by atoms with Crippen molar-refractivity contribution in [2.24, 2.45) is 0 Å². The van der Waals surface area contributed by atoms with Crippen molar-refractivity contribution in [2.45, 2.75) is 52.0 Å². The number of carbonyl (C=O) groups is 1. The van der Waals surface area contributed by atoms with E-state index in [2.05, 4.69) is 43.1 Å². The minimum Gasteiger partial charge on any atom is -0.449 e. The van der Waals surface area contributed by atoms with Gasteiger partial charge in [-0.05, 0) is 44.7 Å². The Morgan fingerprint density at radius 3 is 2.43 bits per heavy atom. The molecule has 0 saturated heterocycles. The van der Waals surface area contributed by atoms with Crippen LogP contribution in [0.4, 0.5) is 4.79 Å². The fourth-order valence-electron chi connectivity index (χ4n) is 2.05. The van der Waals surface area contributed by atoms with Crippen molar-refractivity contribution in [2.75, 3.05) is 6.61 Å². The van der Waals surface area contributed by atoms with Gasteiger partial charge in [0.1, 0.15) is 6.61 Å². The molecule has 1 unspecified atom stereocenters. The highest BCUT2D eigenvalue weighted by Gasteiger charge is 2.17. The van der Waals surface area contributed by atoms with Gasteiger partial charge in [0.25, 0.3) is 0 Å². The van der Waals surface area contributed by atoms with Crippen LogP contribution in [0.15, 0.2) is 36.9 Å². The van der Waals surface area contributed by atoms with Crippen molar-refractivity contribution in [3.8, 4) is 0 Å². The molecule has 21 heavy (non-hydrogen) atoms. The number of amides is 1. The second-order valence-electron chi connectivity index (χ2n) is 6.29. The Kier molecular flexibility index (Phi) is 6.47. The smallest absolute Gasteiger partial charge is 0.407 e. The fourth-order valence-corrected chi connectivity index (χ4v) is 2.05. The lowest BCUT2D eigenvalue weighted by molar-refractivity contribution is 0.130. The van der Waals surface area contributed by atoms with Crippen LogP contribution in [0.2, 0.25) is 0 Å². The summed E-state index contributed by atoms with van der Waals surface area (Å²) >= 11 is 0. The zero-order chi connectivity index (χ0) is 15.9. The normalized spacial score (nSPS) is 12.6. The second kappa shape index (κ2) is 7.87. The van der Waals surface area contributed by atoms with Crippen LogP contribution in [0.5, 0.6) is 0 Å². The molecule has 0 bridgehead atoms. The number of carbonyl (C=O) groups excluding carboxylic acids is 1. The summed E-state index contributed by atoms with van der Waals surface area (Å²) in [5.41, 5.74) is 2.20. The number of allylic oxidation sites excluding steroid dienone is 1. The molecule has 1 N–H and O–H groups in total. The van der Waals surface area contributed by atoms with Crippen LogP contribution in [-0.2, 0) is 11.2 Å². The number of ether oxygens (including phenoxy) is 1. The van der Waals surface area contributed by atoms with E-state index in [1.165, 1.54) is 11.1 Å². The third kappa shape index (κ3) is 6.48. The first kappa shape index (κ1) is 17.3. The molecule has 3 heteroatoms. The summed E-state index contributed by atoms with van der Waals surface area (Å²) in [6.07, 6.45) is 3.30. The minimum absolute atomic E-state index is 0.152. The lowest BCUT2D eigenvalue weighted by Crippen LogP contribution is -2.41. The second-order valence-corrected chi connectivity index (χ2v) is 6.29. The summed E-state index contributed by atoms with van der Waals surface area (Å²) in [5.74, 6) is 0.152. The van der Waals surface area contributed by atoms with E-state index in [0.717, 1.165) is 12.8 Å². The number of rotatable bonds is 6. The maximum absolute atomic E-state index is 11.7. The SMILES string of the molecule is C=CCC(COC(=O)NC(C)(C)C)c1ccc(CC)cc1. The summed E-state index contributed by atoms with van der Waals surface area (Å²) in [6, 6.07) is 8.47. The predicted octanol–water partition coefficient (Wildman–Crippen LogP) is 4.43. The van der Waals surface area contributed by atoms with Crippen LogP contribution >= 0.6 is 0 Å². The van der Waals surface area contributed by atoms with Crippen molar-refractivity contribution in [1.82, 2.24) is 5.32 Å². The Hall–Kier alpha value is -1.77. The van der Waals surface area contributed by atoms with Crippen molar-refractivity contribution in [3.05, 3.63) is 48.0 Å². The Morgan fingerprint density at radius 2 is 1.95 bits per heavy atom. The quantitative estimate of drug-likeness (QED) is 0.787. The van der Waals surface area contributed by atoms with E-state index in [1.54, 1.807) is 0 Å². The van der Waals surface area contributed by atoms with Gasteiger partial charge in [-0.2, -0.15) is 0 Å². The molecule has 0 spiro atoms. The number of hydrogen-bond acceptors (Lipinski definition) is 2. The zero-order valence-electron chi connectivity index (χ0n) is 13.6. The van der Waals surface area contributed by atoms with Gasteiger partial charge < -0.3 is 10.1 Å². The van der Waals surface area contributed by atoms with Gasteiger partial charge >= 0.3 is 6.09 Å². The molecule has 0 aromatic heterocycles. The van der Waals surface area contributed by atoms with E-state index in [0.29, 0.717) is 6.61 Å². The average Bonchev–Trinajstić information content (AvgIpc) is 2.42. The van der Waals surface area contributed by atoms with Gasteiger partial charge in [0.15, 0.2) is 0 Å². The standard InChI is InChI=1S/C18H27NO2/c1-6-8-16(13-21-17(20)19-18(3,4)5)15-11-9-14(7-2)10-12-15/h6,9-12,16H,1,7-8,13H2,2-5H3,(H,19,20). The molecule has 1 amide bonds. The van der Waals surface area contributed by atoms with E-state index in [9.17, 15) is 4.79 Å². The van der Waals surface area contributed by atoms with Crippen molar-refractivity contribution < 1.29 is 9.53 Å². The molecule has 116 valence electrons. The predicted molar refractivity (Wildman–Crippen MR) is 87.6 cm³/mol. The van der Waals surface area contributed by atoms with Crippen LogP contribution in [0, 0.1) is 0 Å². The lowest BCUT2D eigenvalue weighted by Gasteiger charge is -2.22. The van der Waals surface area contributed by atoms with Gasteiger partial charge in [0.2, 0.25) is 0 Å². The third-order valence-corrected chi connectivity index (χ3v) is 3.20. The molecular formula is C18H27NO2. The number of hydrogen-bond donors (Lipinski definition) is 1. The molecule has 0 fully saturated rings. The highest BCUT2D eigenvalue weighted by atomic mass is 16.5. The zero-order valence-corrected chi connectivity index (χ0v) is 13.6. The van der Waals surface area contributed by atoms with Gasteiger partial charge in [-0.3, -0.25) is 0 Å². The van der Waals surface area contributed by atoms with E-state index in [4.69, 9.17) is 4.74 Å². The summed E-state index contributed by atoms with van der Waals surface area (Å²) in [5, 5.41) is 2.80. The lowest BCUT2D eigenvalue weighted by atomic mass is 9.95. The monoisotopic (exact) mass is 289 g/mol. The number of aryl methyl sites for hydroxylation is 1. The van der Waals surface area contributed by atoms with E-state index in [-0.39, 0.29) is 17.6 Å². The molecule has 0 aliphatic carbocycles. The molecule has 0 saturated carbocycles. The maximum Gasteiger partial charge on any atom is 0.407 e. The minimum atomic E-state index is -0.373. The fraction of sp³-hybridized carbons (Fsp3) is 0.500. The summed E-state index contributed by atoms with van der Waals surface area (Å²) in [6.45, 7) is 12.1. The van der Waals surface area contributed by atoms with Gasteiger partial charge in [-0.1, -0.05) is 37.3 Å². The molecule has 0 radical (unpaired) electrons. The van der Waals surface area contributed by atoms with Crippen LogP contribution in [0.3, 0.4) is 0 Å². The molecule has 3 nitrogen and oxygen atoms in total. The van der Waals surface area contributed by atoms with Gasteiger partial charge in [-0.25, -0.2) is 4.79 Å². The average molecular weight is 289 g/mol. The number of alkyl carbamates (subject to hydrolysis) is 1. The van der Waals surface area contributed by atoms with Crippen LogP contribution < -0.4 is 5.32 Å².